The fraction of sp³-hybridized carbons (Fsp3) is 0.333. The third kappa shape index (κ3) is 1.51. The zero-order chi connectivity index (χ0) is 8.43. The highest BCUT2D eigenvalue weighted by atomic mass is 35.5. The third-order valence-corrected chi connectivity index (χ3v) is 1.52. The van der Waals surface area contributed by atoms with Crippen molar-refractivity contribution in [3.05, 3.63) is 17.5 Å². The molecule has 4 nitrogen and oxygen atoms in total. The maximum absolute atomic E-state index is 11.0. The van der Waals surface area contributed by atoms with Gasteiger partial charge in [0.05, 0.1) is 11.3 Å². The number of hydrogen-bond acceptors (Lipinski definition) is 2. The smallest absolute Gasteiger partial charge is 0.269 e. The van der Waals surface area contributed by atoms with E-state index in [-0.39, 0.29) is 5.91 Å². The Kier molecular flexibility index (Phi) is 2.14. The van der Waals surface area contributed by atoms with Crippen molar-refractivity contribution in [2.45, 2.75) is 6.92 Å². The van der Waals surface area contributed by atoms with Crippen LogP contribution < -0.4 is 4.84 Å². The van der Waals surface area contributed by atoms with Gasteiger partial charge in [-0.3, -0.25) is 14.3 Å². The summed E-state index contributed by atoms with van der Waals surface area (Å²) < 4.78 is 1.57. The van der Waals surface area contributed by atoms with Gasteiger partial charge in [0.25, 0.3) is 5.91 Å². The molecular formula is C6H8ClN3O. The molecule has 0 aliphatic heterocycles. The van der Waals surface area contributed by atoms with Crippen LogP contribution in [0.3, 0.4) is 0 Å². The van der Waals surface area contributed by atoms with Gasteiger partial charge in [0.15, 0.2) is 0 Å². The quantitative estimate of drug-likeness (QED) is 0.633. The zero-order valence-corrected chi connectivity index (χ0v) is 7.01. The number of aryl methyl sites for hydroxylation is 2. The van der Waals surface area contributed by atoms with Crippen LogP contribution in [0.15, 0.2) is 6.20 Å². The molecule has 0 spiro atoms. The molecule has 0 saturated carbocycles. The highest BCUT2D eigenvalue weighted by Crippen LogP contribution is 2.03. The molecule has 0 radical (unpaired) electrons. The van der Waals surface area contributed by atoms with Gasteiger partial charge in [-0.15, -0.1) is 0 Å². The molecule has 60 valence electrons. The molecule has 1 heterocycles. The Labute approximate surface area is 69.3 Å². The summed E-state index contributed by atoms with van der Waals surface area (Å²) in [6.07, 6.45) is 1.62. The first-order valence-electron chi connectivity index (χ1n) is 3.06. The summed E-state index contributed by atoms with van der Waals surface area (Å²) in [4.78, 5) is 13.0. The average Bonchev–Trinajstić information content (AvgIpc) is 2.28. The Morgan fingerprint density at radius 2 is 2.45 bits per heavy atom. The van der Waals surface area contributed by atoms with E-state index in [1.54, 1.807) is 24.9 Å². The average molecular weight is 174 g/mol. The molecule has 11 heavy (non-hydrogen) atoms. The Morgan fingerprint density at radius 1 is 1.82 bits per heavy atom. The van der Waals surface area contributed by atoms with Crippen molar-refractivity contribution < 1.29 is 4.79 Å². The van der Waals surface area contributed by atoms with Crippen LogP contribution in [0.2, 0.25) is 0 Å². The number of aromatic nitrogens is 2. The molecule has 0 aromatic carbocycles. The van der Waals surface area contributed by atoms with Crippen LogP contribution in [-0.4, -0.2) is 15.7 Å². The number of nitrogens with zero attached hydrogens (tertiary/aromatic N) is 2. The maximum Gasteiger partial charge on any atom is 0.269 e. The van der Waals surface area contributed by atoms with E-state index in [2.05, 4.69) is 5.10 Å². The first-order chi connectivity index (χ1) is 5.15. The molecule has 0 unspecified atom stereocenters. The summed E-state index contributed by atoms with van der Waals surface area (Å²) in [5.41, 5.74) is 1.17. The lowest BCUT2D eigenvalue weighted by Gasteiger charge is -1.91. The number of halogens is 1. The molecule has 0 atom stereocenters. The SMILES string of the molecule is Cc1nn(C)cc1C(=O)NCl. The zero-order valence-electron chi connectivity index (χ0n) is 6.26. The lowest BCUT2D eigenvalue weighted by molar-refractivity contribution is 0.0981. The first kappa shape index (κ1) is 8.07. The van der Waals surface area contributed by atoms with Crippen molar-refractivity contribution in [3.63, 3.8) is 0 Å². The summed E-state index contributed by atoms with van der Waals surface area (Å²) in [5.74, 6) is -0.322. The second kappa shape index (κ2) is 2.92. The summed E-state index contributed by atoms with van der Waals surface area (Å²) >= 11 is 5.13. The third-order valence-electron chi connectivity index (χ3n) is 1.34. The Hall–Kier alpha value is -1.03. The lowest BCUT2D eigenvalue weighted by Crippen LogP contribution is -2.12. The molecule has 0 aliphatic rings. The Balaban J connectivity index is 3.03. The monoisotopic (exact) mass is 173 g/mol. The molecule has 5 heteroatoms. The minimum Gasteiger partial charge on any atom is -0.275 e. The van der Waals surface area contributed by atoms with Gasteiger partial charge in [0.1, 0.15) is 0 Å². The number of nitrogens with one attached hydrogen (secondary N) is 1. The van der Waals surface area contributed by atoms with Gasteiger partial charge in [-0.1, -0.05) is 0 Å². The molecule has 0 aliphatic carbocycles. The molecule has 1 amide bonds. The van der Waals surface area contributed by atoms with Gasteiger partial charge in [-0.25, -0.2) is 0 Å². The summed E-state index contributed by atoms with van der Waals surface area (Å²) in [7, 11) is 1.75. The minimum atomic E-state index is -0.322. The van der Waals surface area contributed by atoms with Crippen molar-refractivity contribution in [3.8, 4) is 0 Å². The lowest BCUT2D eigenvalue weighted by atomic mass is 10.2. The van der Waals surface area contributed by atoms with E-state index in [0.717, 1.165) is 0 Å². The van der Waals surface area contributed by atoms with Crippen LogP contribution in [0.1, 0.15) is 16.1 Å². The van der Waals surface area contributed by atoms with Crippen molar-refractivity contribution in [1.82, 2.24) is 14.6 Å². The molecule has 1 rings (SSSR count). The number of carbonyl (C=O) groups excluding carboxylic acids is 1. The summed E-state index contributed by atoms with van der Waals surface area (Å²) in [5, 5.41) is 3.98. The predicted octanol–water partition coefficient (Wildman–Crippen LogP) is 0.612. The fourth-order valence-electron chi connectivity index (χ4n) is 0.873. The number of amides is 1. The molecule has 1 aromatic heterocycles. The van der Waals surface area contributed by atoms with E-state index in [4.69, 9.17) is 11.8 Å². The highest BCUT2D eigenvalue weighted by Gasteiger charge is 2.10. The van der Waals surface area contributed by atoms with E-state index < -0.39 is 0 Å². The van der Waals surface area contributed by atoms with Crippen LogP contribution in [0.4, 0.5) is 0 Å². The number of hydrogen-bond donors (Lipinski definition) is 1. The van der Waals surface area contributed by atoms with E-state index in [1.165, 1.54) is 0 Å². The standard InChI is InChI=1S/C6H8ClN3O/c1-4-5(6(11)8-7)3-10(2)9-4/h3H,1-2H3,(H,8,11). The van der Waals surface area contributed by atoms with Crippen molar-refractivity contribution in [2.75, 3.05) is 0 Å². The topological polar surface area (TPSA) is 46.9 Å². The molecule has 0 saturated heterocycles. The van der Waals surface area contributed by atoms with Gasteiger partial charge >= 0.3 is 0 Å². The maximum atomic E-state index is 11.0. The van der Waals surface area contributed by atoms with Crippen LogP contribution in [0.5, 0.6) is 0 Å². The molecule has 1 aromatic rings. The second-order valence-electron chi connectivity index (χ2n) is 2.23. The van der Waals surface area contributed by atoms with Gasteiger partial charge in [-0.2, -0.15) is 5.10 Å². The minimum absolute atomic E-state index is 0.322. The molecule has 0 fully saturated rings. The fourth-order valence-corrected chi connectivity index (χ4v) is 0.975. The van der Waals surface area contributed by atoms with Crippen molar-refractivity contribution >= 4 is 17.7 Å². The summed E-state index contributed by atoms with van der Waals surface area (Å²) in [6, 6.07) is 0. The van der Waals surface area contributed by atoms with E-state index >= 15 is 0 Å². The van der Waals surface area contributed by atoms with Crippen molar-refractivity contribution in [2.24, 2.45) is 7.05 Å². The van der Waals surface area contributed by atoms with Gasteiger partial charge in [0, 0.05) is 25.0 Å². The van der Waals surface area contributed by atoms with Gasteiger partial charge in [-0.05, 0) is 6.92 Å². The Bertz CT molecular complexity index is 281. The van der Waals surface area contributed by atoms with Crippen molar-refractivity contribution in [1.29, 1.82) is 0 Å². The van der Waals surface area contributed by atoms with Crippen LogP contribution in [0.25, 0.3) is 0 Å². The predicted molar refractivity (Wildman–Crippen MR) is 41.3 cm³/mol. The number of rotatable bonds is 1. The Morgan fingerprint density at radius 3 is 2.82 bits per heavy atom. The molecule has 0 bridgehead atoms. The van der Waals surface area contributed by atoms with Gasteiger partial charge in [0.2, 0.25) is 0 Å². The molecule has 1 N–H and O–H groups in total. The van der Waals surface area contributed by atoms with Crippen LogP contribution in [-0.2, 0) is 7.05 Å². The first-order valence-corrected chi connectivity index (χ1v) is 3.44. The highest BCUT2D eigenvalue weighted by molar-refractivity contribution is 6.24. The number of carbonyl (C=O) groups is 1. The largest absolute Gasteiger partial charge is 0.275 e. The van der Waals surface area contributed by atoms with E-state index in [1.807, 2.05) is 4.84 Å². The van der Waals surface area contributed by atoms with E-state index in [9.17, 15) is 4.79 Å². The van der Waals surface area contributed by atoms with Gasteiger partial charge < -0.3 is 0 Å². The summed E-state index contributed by atoms with van der Waals surface area (Å²) in [6.45, 7) is 1.75. The normalized spacial score (nSPS) is 9.73. The second-order valence-corrected chi connectivity index (χ2v) is 2.41. The van der Waals surface area contributed by atoms with E-state index in [0.29, 0.717) is 11.3 Å². The molecular weight excluding hydrogens is 166 g/mol. The van der Waals surface area contributed by atoms with Crippen LogP contribution >= 0.6 is 11.8 Å². The van der Waals surface area contributed by atoms with Crippen LogP contribution in [0, 0.1) is 6.92 Å².